The summed E-state index contributed by atoms with van der Waals surface area (Å²) in [7, 11) is 1.58. The lowest BCUT2D eigenvalue weighted by atomic mass is 9.65. The zero-order chi connectivity index (χ0) is 32.5. The van der Waals surface area contributed by atoms with E-state index in [2.05, 4.69) is 20.1 Å². The summed E-state index contributed by atoms with van der Waals surface area (Å²) in [4.78, 5) is 48.8. The third kappa shape index (κ3) is 5.42. The van der Waals surface area contributed by atoms with E-state index in [-0.39, 0.29) is 48.6 Å². The molecule has 1 N–H and O–H groups in total. The summed E-state index contributed by atoms with van der Waals surface area (Å²) in [6.07, 6.45) is 4.04. The molecule has 9 nitrogen and oxygen atoms in total. The highest BCUT2D eigenvalue weighted by Crippen LogP contribution is 2.69. The molecule has 7 atom stereocenters. The van der Waals surface area contributed by atoms with Crippen LogP contribution in [0.5, 0.6) is 11.5 Å². The molecule has 0 saturated carbocycles. The minimum absolute atomic E-state index is 0.0184. The lowest BCUT2D eigenvalue weighted by Gasteiger charge is -2.41. The Balaban J connectivity index is 1.56. The number of carbonyl (C=O) groups excluding carboxylic acids is 3. The van der Waals surface area contributed by atoms with Crippen molar-refractivity contribution >= 4 is 40.9 Å². The molecule has 3 fully saturated rings. The fourth-order valence-electron chi connectivity index (χ4n) is 7.47. The van der Waals surface area contributed by atoms with Crippen molar-refractivity contribution in [2.24, 2.45) is 17.8 Å². The molecule has 3 amide bonds. The van der Waals surface area contributed by atoms with Gasteiger partial charge in [-0.2, -0.15) is 0 Å². The predicted octanol–water partition coefficient (Wildman–Crippen LogP) is 4.55. The molecule has 45 heavy (non-hydrogen) atoms. The van der Waals surface area contributed by atoms with E-state index in [0.29, 0.717) is 35.9 Å². The van der Waals surface area contributed by atoms with Gasteiger partial charge >= 0.3 is 0 Å². The average molecular weight is 634 g/mol. The summed E-state index contributed by atoms with van der Waals surface area (Å²) in [5.41, 5.74) is 1.34. The minimum atomic E-state index is -0.875. The normalized spacial score (nSPS) is 27.1. The van der Waals surface area contributed by atoms with Crippen LogP contribution in [0.3, 0.4) is 0 Å². The average Bonchev–Trinajstić information content (AvgIpc) is 3.65. The van der Waals surface area contributed by atoms with Crippen molar-refractivity contribution in [3.63, 3.8) is 0 Å². The first kappa shape index (κ1) is 32.6. The summed E-state index contributed by atoms with van der Waals surface area (Å²) < 4.78 is 10.1. The SMILES string of the molecule is C=CCN(C(=O)C1N([C@H](C)CO)C(=O)[C@@H]2[C@@H](C(=O)N(CC=C)c3ccc(OCC)cc3)[C@H]3CC(C)C12S3)c1ccc(OC)cc1. The number of hydrogen-bond acceptors (Lipinski definition) is 7. The van der Waals surface area contributed by atoms with Gasteiger partial charge < -0.3 is 29.3 Å². The molecule has 2 aromatic rings. The van der Waals surface area contributed by atoms with Gasteiger partial charge in [0.15, 0.2) is 0 Å². The van der Waals surface area contributed by atoms with Crippen LogP contribution in [0.4, 0.5) is 11.4 Å². The van der Waals surface area contributed by atoms with Crippen molar-refractivity contribution in [1.82, 2.24) is 4.90 Å². The number of ether oxygens (including phenoxy) is 2. The number of hydrogen-bond donors (Lipinski definition) is 1. The Labute approximate surface area is 269 Å². The molecule has 10 heteroatoms. The van der Waals surface area contributed by atoms with Crippen LogP contribution in [-0.2, 0) is 14.4 Å². The van der Waals surface area contributed by atoms with E-state index >= 15 is 0 Å². The lowest BCUT2D eigenvalue weighted by molar-refractivity contribution is -0.141. The predicted molar refractivity (Wildman–Crippen MR) is 178 cm³/mol. The molecule has 0 aliphatic carbocycles. The number of fused-ring (bicyclic) bond motifs is 1. The summed E-state index contributed by atoms with van der Waals surface area (Å²) in [5, 5.41) is 10.2. The molecule has 3 aliphatic rings. The molecule has 240 valence electrons. The Morgan fingerprint density at radius 1 is 1.04 bits per heavy atom. The topological polar surface area (TPSA) is 99.6 Å². The largest absolute Gasteiger partial charge is 0.497 e. The Hall–Kier alpha value is -3.76. The summed E-state index contributed by atoms with van der Waals surface area (Å²) >= 11 is 1.61. The standard InChI is InChI=1S/C35H43N3O6S/c1-7-18-36(24-12-16-27(17-13-24)44-9-3)32(40)29-28-20-22(4)35(45-28)30(29)33(41)38(23(5)21-39)31(35)34(42)37(19-8-2)25-10-14-26(43-6)15-11-25/h7-8,10-17,22-23,28-31,39H,1-2,9,18-21H2,3-6H3/t22?,23-,28-,29+,30+,31?,35?/m1/s1. The first-order chi connectivity index (χ1) is 21.7. The second kappa shape index (κ2) is 13.3. The maximum atomic E-state index is 14.8. The van der Waals surface area contributed by atoms with Crippen molar-refractivity contribution < 1.29 is 29.0 Å². The van der Waals surface area contributed by atoms with Crippen molar-refractivity contribution in [2.75, 3.05) is 43.2 Å². The third-order valence-electron chi connectivity index (χ3n) is 9.44. The van der Waals surface area contributed by atoms with E-state index < -0.39 is 28.7 Å². The first-order valence-electron chi connectivity index (χ1n) is 15.5. The van der Waals surface area contributed by atoms with Gasteiger partial charge in [-0.3, -0.25) is 14.4 Å². The Kier molecular flexibility index (Phi) is 9.65. The fourth-order valence-corrected chi connectivity index (χ4v) is 9.86. The van der Waals surface area contributed by atoms with E-state index in [0.717, 1.165) is 0 Å². The third-order valence-corrected chi connectivity index (χ3v) is 11.5. The molecule has 3 unspecified atom stereocenters. The van der Waals surface area contributed by atoms with Gasteiger partial charge in [0.1, 0.15) is 17.5 Å². The number of nitrogens with zero attached hydrogens (tertiary/aromatic N) is 3. The zero-order valence-corrected chi connectivity index (χ0v) is 27.2. The van der Waals surface area contributed by atoms with Gasteiger partial charge in [0.25, 0.3) is 5.91 Å². The van der Waals surface area contributed by atoms with Crippen LogP contribution in [0.2, 0.25) is 0 Å². The Morgan fingerprint density at radius 2 is 1.60 bits per heavy atom. The van der Waals surface area contributed by atoms with E-state index in [4.69, 9.17) is 9.47 Å². The smallest absolute Gasteiger partial charge is 0.251 e. The fraction of sp³-hybridized carbons (Fsp3) is 0.457. The van der Waals surface area contributed by atoms with Crippen LogP contribution in [0.1, 0.15) is 27.2 Å². The van der Waals surface area contributed by atoms with Gasteiger partial charge in [-0.1, -0.05) is 19.1 Å². The van der Waals surface area contributed by atoms with Crippen LogP contribution >= 0.6 is 11.8 Å². The zero-order valence-electron chi connectivity index (χ0n) is 26.4. The molecule has 3 saturated heterocycles. The van der Waals surface area contributed by atoms with Gasteiger partial charge in [0, 0.05) is 29.7 Å². The highest BCUT2D eigenvalue weighted by Gasteiger charge is 2.76. The monoisotopic (exact) mass is 633 g/mol. The van der Waals surface area contributed by atoms with Crippen LogP contribution in [0.15, 0.2) is 73.8 Å². The van der Waals surface area contributed by atoms with E-state index in [1.807, 2.05) is 43.3 Å². The van der Waals surface area contributed by atoms with Crippen LogP contribution in [-0.4, -0.2) is 83.2 Å². The van der Waals surface area contributed by atoms with E-state index in [1.165, 1.54) is 0 Å². The second-order valence-electron chi connectivity index (χ2n) is 11.9. The van der Waals surface area contributed by atoms with Gasteiger partial charge in [-0.15, -0.1) is 24.9 Å². The number of rotatable bonds is 13. The number of likely N-dealkylation sites (tertiary alicyclic amines) is 1. The summed E-state index contributed by atoms with van der Waals surface area (Å²) in [5.74, 6) is -0.675. The minimum Gasteiger partial charge on any atom is -0.497 e. The van der Waals surface area contributed by atoms with E-state index in [9.17, 15) is 19.5 Å². The molecule has 1 spiro atoms. The molecule has 3 heterocycles. The van der Waals surface area contributed by atoms with E-state index in [1.54, 1.807) is 64.8 Å². The van der Waals surface area contributed by atoms with Gasteiger partial charge in [-0.05, 0) is 74.7 Å². The molecule has 0 aromatic heterocycles. The van der Waals surface area contributed by atoms with Crippen LogP contribution in [0, 0.1) is 17.8 Å². The second-order valence-corrected chi connectivity index (χ2v) is 13.5. The lowest BCUT2D eigenvalue weighted by Crippen LogP contribution is -2.59. The number of methoxy groups -OCH3 is 1. The molecular formula is C35H43N3O6S. The molecular weight excluding hydrogens is 590 g/mol. The number of anilines is 2. The molecule has 2 bridgehead atoms. The number of benzene rings is 2. The highest BCUT2D eigenvalue weighted by atomic mass is 32.2. The molecule has 0 radical (unpaired) electrons. The number of aliphatic hydroxyl groups is 1. The van der Waals surface area contributed by atoms with Crippen molar-refractivity contribution in [3.8, 4) is 11.5 Å². The Bertz CT molecular complexity index is 1430. The van der Waals surface area contributed by atoms with Crippen molar-refractivity contribution in [1.29, 1.82) is 0 Å². The Morgan fingerprint density at radius 3 is 2.11 bits per heavy atom. The van der Waals surface area contributed by atoms with Crippen LogP contribution in [0.25, 0.3) is 0 Å². The molecule has 2 aromatic carbocycles. The van der Waals surface area contributed by atoms with Crippen LogP contribution < -0.4 is 19.3 Å². The number of aliphatic hydroxyl groups excluding tert-OH is 1. The molecule has 3 aliphatic heterocycles. The number of thioether (sulfide) groups is 1. The quantitative estimate of drug-likeness (QED) is 0.323. The summed E-state index contributed by atoms with van der Waals surface area (Å²) in [6.45, 7) is 14.3. The molecule has 5 rings (SSSR count). The van der Waals surface area contributed by atoms with Crippen molar-refractivity contribution in [3.05, 3.63) is 73.8 Å². The first-order valence-corrected chi connectivity index (χ1v) is 16.4. The highest BCUT2D eigenvalue weighted by molar-refractivity contribution is 8.02. The van der Waals surface area contributed by atoms with Gasteiger partial charge in [-0.25, -0.2) is 0 Å². The van der Waals surface area contributed by atoms with Crippen molar-refractivity contribution in [2.45, 2.75) is 49.3 Å². The number of amides is 3. The summed E-state index contributed by atoms with van der Waals surface area (Å²) in [6, 6.07) is 13.0. The van der Waals surface area contributed by atoms with Gasteiger partial charge in [0.05, 0.1) is 42.9 Å². The van der Waals surface area contributed by atoms with Gasteiger partial charge in [0.2, 0.25) is 11.8 Å². The maximum Gasteiger partial charge on any atom is 0.251 e. The number of carbonyl (C=O) groups is 3. The maximum absolute atomic E-state index is 14.8.